The summed E-state index contributed by atoms with van der Waals surface area (Å²) in [5.74, 6) is 5.02. The molecule has 10 rings (SSSR count). The maximum absolute atomic E-state index is 7.35. The van der Waals surface area contributed by atoms with Crippen molar-refractivity contribution in [2.24, 2.45) is 0 Å². The van der Waals surface area contributed by atoms with E-state index in [0.717, 1.165) is 32.7 Å². The topological polar surface area (TPSA) is 0 Å². The first-order chi connectivity index (χ1) is 29.7. The van der Waals surface area contributed by atoms with Crippen molar-refractivity contribution in [2.75, 3.05) is 12.3 Å². The van der Waals surface area contributed by atoms with Gasteiger partial charge in [0, 0.05) is 0 Å². The van der Waals surface area contributed by atoms with Crippen LogP contribution in [0, 0.1) is 24.7 Å². The van der Waals surface area contributed by atoms with Crippen molar-refractivity contribution in [3.05, 3.63) is 254 Å². The van der Waals surface area contributed by atoms with Crippen LogP contribution < -0.4 is 21.2 Å². The molecule has 0 fully saturated rings. The molecule has 0 aliphatic carbocycles. The summed E-state index contributed by atoms with van der Waals surface area (Å²) in [5, 5.41) is 15.4. The van der Waals surface area contributed by atoms with Gasteiger partial charge in [0.1, 0.15) is 12.3 Å². The Labute approximate surface area is 400 Å². The summed E-state index contributed by atoms with van der Waals surface area (Å²) in [5.41, 5.74) is 1.71. The van der Waals surface area contributed by atoms with E-state index in [4.69, 9.17) is 12.8 Å². The molecule has 0 saturated heterocycles. The average molecular weight is 1020 g/mol. The monoisotopic (exact) mass is 1020 g/mol. The van der Waals surface area contributed by atoms with Gasteiger partial charge >= 0.3 is 44.8 Å². The third kappa shape index (κ3) is 11.0. The van der Waals surface area contributed by atoms with E-state index < -0.39 is 15.8 Å². The second-order valence-electron chi connectivity index (χ2n) is 14.6. The van der Waals surface area contributed by atoms with Crippen LogP contribution in [0.25, 0.3) is 43.1 Å². The zero-order chi connectivity index (χ0) is 40.9. The third-order valence-electron chi connectivity index (χ3n) is 10.9. The predicted molar refractivity (Wildman–Crippen MR) is 266 cm³/mol. The SMILES string of the molecule is [Ag+].[Ag+].[C-]#Cc1cccc2ccc3ccccc3c12.[C-]#Cc1cccc2ccc3ccccc3c12.c1ccc([PH+](CC[PH+](c2ccccc2)c2ccccc2)c2ccccc2)cc1. The van der Waals surface area contributed by atoms with Gasteiger partial charge in [0.25, 0.3) is 0 Å². The van der Waals surface area contributed by atoms with Crippen LogP contribution in [0.1, 0.15) is 11.1 Å². The molecule has 62 heavy (non-hydrogen) atoms. The molecule has 0 radical (unpaired) electrons. The molecule has 306 valence electrons. The Hall–Kier alpha value is -5.30. The maximum atomic E-state index is 7.35. The molecule has 0 aromatic heterocycles. The zero-order valence-corrected chi connectivity index (χ0v) is 38.9. The molecule has 10 aromatic rings. The molecule has 0 heterocycles. The van der Waals surface area contributed by atoms with Crippen molar-refractivity contribution in [1.29, 1.82) is 0 Å². The van der Waals surface area contributed by atoms with Crippen molar-refractivity contribution < 1.29 is 44.8 Å². The molecule has 0 N–H and O–H groups in total. The molecule has 0 saturated carbocycles. The second-order valence-corrected chi connectivity index (χ2v) is 19.8. The largest absolute Gasteiger partial charge is 1.00 e. The van der Waals surface area contributed by atoms with Crippen LogP contribution in [0.5, 0.6) is 0 Å². The zero-order valence-electron chi connectivity index (χ0n) is 34.0. The van der Waals surface area contributed by atoms with Gasteiger partial charge in [0.15, 0.2) is 0 Å². The summed E-state index contributed by atoms with van der Waals surface area (Å²) in [6.45, 7) is 0. The van der Waals surface area contributed by atoms with E-state index in [-0.39, 0.29) is 44.8 Å². The molecule has 0 amide bonds. The molecule has 0 bridgehead atoms. The molecule has 10 aromatic carbocycles. The van der Waals surface area contributed by atoms with Crippen molar-refractivity contribution in [1.82, 2.24) is 0 Å². The molecule has 0 nitrogen and oxygen atoms in total. The van der Waals surface area contributed by atoms with Gasteiger partial charge in [-0.2, -0.15) is 0 Å². The summed E-state index contributed by atoms with van der Waals surface area (Å²) in [6, 6.07) is 81.4. The van der Waals surface area contributed by atoms with E-state index in [1.54, 1.807) is 0 Å². The van der Waals surface area contributed by atoms with Gasteiger partial charge in [-0.25, -0.2) is 0 Å². The minimum Gasteiger partial charge on any atom is -0.366 e. The first-order valence-electron chi connectivity index (χ1n) is 20.3. The smallest absolute Gasteiger partial charge is 0.366 e. The first kappa shape index (κ1) is 46.2. The maximum Gasteiger partial charge on any atom is 1.00 e. The number of fused-ring (bicyclic) bond motifs is 6. The van der Waals surface area contributed by atoms with E-state index in [2.05, 4.69) is 194 Å². The standard InChI is InChI=1S/C26H24P2.2C16H9.2Ag/c1-5-13-23(14-6-1)27(24-15-7-2-8-16-24)21-22-28(25-17-9-3-10-18-25)26-19-11-4-12-20-26;2*1-2-12-7-5-8-14-11-10-13-6-3-4-9-15(13)16(12)14;;/h1-20H,21-22H2;2*3-11H;;/q;2*-1;2*+1/p+2. The van der Waals surface area contributed by atoms with Gasteiger partial charge in [-0.05, 0) is 80.8 Å². The first-order valence-corrected chi connectivity index (χ1v) is 23.7. The van der Waals surface area contributed by atoms with Crippen LogP contribution in [0.15, 0.2) is 231 Å². The second kappa shape index (κ2) is 23.2. The van der Waals surface area contributed by atoms with E-state index in [0.29, 0.717) is 0 Å². The summed E-state index contributed by atoms with van der Waals surface area (Å²) in [4.78, 5) is 0. The van der Waals surface area contributed by atoms with E-state index >= 15 is 0 Å². The van der Waals surface area contributed by atoms with Gasteiger partial charge in [-0.1, -0.05) is 181 Å². The number of hydrogen-bond acceptors (Lipinski definition) is 0. The van der Waals surface area contributed by atoms with Crippen molar-refractivity contribution in [2.45, 2.75) is 0 Å². The molecule has 4 heteroatoms. The van der Waals surface area contributed by atoms with Crippen LogP contribution in [-0.4, -0.2) is 12.3 Å². The molecular formula is C58H44Ag2P2+2. The van der Waals surface area contributed by atoms with Gasteiger partial charge in [-0.15, -0.1) is 23.3 Å². The summed E-state index contributed by atoms with van der Waals surface area (Å²) in [7, 11) is -1.57. The Kier molecular flexibility index (Phi) is 17.3. The molecule has 0 unspecified atom stereocenters. The van der Waals surface area contributed by atoms with Crippen molar-refractivity contribution >= 4 is 80.2 Å². The van der Waals surface area contributed by atoms with Crippen LogP contribution in [-0.2, 0) is 44.8 Å². The fourth-order valence-corrected chi connectivity index (χ4v) is 14.2. The molecule has 0 aliphatic rings. The Bertz CT molecular complexity index is 2780. The molecule has 0 spiro atoms. The predicted octanol–water partition coefficient (Wildman–Crippen LogP) is 12.6. The van der Waals surface area contributed by atoms with Crippen LogP contribution in [0.2, 0.25) is 0 Å². The van der Waals surface area contributed by atoms with Gasteiger partial charge in [-0.3, -0.25) is 11.8 Å². The number of hydrogen-bond donors (Lipinski definition) is 0. The Morgan fingerprint density at radius 3 is 0.887 bits per heavy atom. The van der Waals surface area contributed by atoms with Crippen molar-refractivity contribution in [3.8, 4) is 11.8 Å². The van der Waals surface area contributed by atoms with Gasteiger partial charge < -0.3 is 12.8 Å². The van der Waals surface area contributed by atoms with Crippen LogP contribution >= 0.6 is 15.8 Å². The van der Waals surface area contributed by atoms with Gasteiger partial charge in [0.2, 0.25) is 0 Å². The minimum absolute atomic E-state index is 0. The van der Waals surface area contributed by atoms with Crippen molar-refractivity contribution in [3.63, 3.8) is 0 Å². The van der Waals surface area contributed by atoms with E-state index in [1.165, 1.54) is 55.1 Å². The molecule has 0 aliphatic heterocycles. The Balaban J connectivity index is 0.000000162. The van der Waals surface area contributed by atoms with E-state index in [9.17, 15) is 0 Å². The van der Waals surface area contributed by atoms with Crippen LogP contribution in [0.3, 0.4) is 0 Å². The summed E-state index contributed by atoms with van der Waals surface area (Å²) < 4.78 is 0. The fraction of sp³-hybridized carbons (Fsp3) is 0.0345. The Morgan fingerprint density at radius 2 is 0.565 bits per heavy atom. The number of benzene rings is 10. The van der Waals surface area contributed by atoms with Gasteiger partial charge in [0.05, 0.1) is 37.1 Å². The fourth-order valence-electron chi connectivity index (χ4n) is 8.04. The molecule has 0 atom stereocenters. The number of rotatable bonds is 7. The normalized spacial score (nSPS) is 10.4. The quantitative estimate of drug-likeness (QED) is 0.0491. The van der Waals surface area contributed by atoms with E-state index in [1.807, 2.05) is 48.5 Å². The average Bonchev–Trinajstić information content (AvgIpc) is 3.34. The summed E-state index contributed by atoms with van der Waals surface area (Å²) >= 11 is 0. The Morgan fingerprint density at radius 1 is 0.290 bits per heavy atom. The third-order valence-corrected chi connectivity index (χ3v) is 17.0. The minimum atomic E-state index is -0.783. The summed E-state index contributed by atoms with van der Waals surface area (Å²) in [6.07, 6.45) is 17.2. The van der Waals surface area contributed by atoms with Crippen LogP contribution in [0.4, 0.5) is 0 Å². The molecular weight excluding hydrogens is 974 g/mol.